The van der Waals surface area contributed by atoms with E-state index < -0.39 is 0 Å². The Balaban J connectivity index is 2.66. The van der Waals surface area contributed by atoms with Gasteiger partial charge in [-0.25, -0.2) is 0 Å². The summed E-state index contributed by atoms with van der Waals surface area (Å²) >= 11 is 3.54. The van der Waals surface area contributed by atoms with Crippen LogP contribution in [0.4, 0.5) is 5.82 Å². The number of hydrogen-bond donors (Lipinski definition) is 2. The summed E-state index contributed by atoms with van der Waals surface area (Å²) in [7, 11) is 1.66. The van der Waals surface area contributed by atoms with Crippen LogP contribution in [0, 0.1) is 13.8 Å². The number of benzene rings is 1. The van der Waals surface area contributed by atoms with Gasteiger partial charge < -0.3 is 10.5 Å². The minimum Gasteiger partial charge on any atom is -0.496 e. The predicted molar refractivity (Wildman–Crippen MR) is 72.2 cm³/mol. The maximum atomic E-state index is 5.63. The van der Waals surface area contributed by atoms with Crippen molar-refractivity contribution in [2.24, 2.45) is 0 Å². The van der Waals surface area contributed by atoms with Gasteiger partial charge in [-0.2, -0.15) is 5.10 Å². The highest BCUT2D eigenvalue weighted by atomic mass is 79.9. The van der Waals surface area contributed by atoms with E-state index in [1.807, 2.05) is 26.0 Å². The number of nitrogen functional groups attached to an aromatic ring is 1. The van der Waals surface area contributed by atoms with Crippen LogP contribution in [0.1, 0.15) is 11.1 Å². The molecule has 0 unspecified atom stereocenters. The van der Waals surface area contributed by atoms with Gasteiger partial charge in [-0.3, -0.25) is 5.10 Å². The summed E-state index contributed by atoms with van der Waals surface area (Å²) in [6, 6.07) is 3.82. The monoisotopic (exact) mass is 295 g/mol. The number of rotatable bonds is 2. The molecule has 5 heteroatoms. The second-order valence-electron chi connectivity index (χ2n) is 3.92. The molecule has 0 radical (unpaired) electrons. The fourth-order valence-electron chi connectivity index (χ4n) is 1.95. The Labute approximate surface area is 108 Å². The van der Waals surface area contributed by atoms with Crippen LogP contribution in [0.5, 0.6) is 5.75 Å². The molecule has 0 spiro atoms. The third kappa shape index (κ3) is 2.02. The number of halogens is 1. The second kappa shape index (κ2) is 4.41. The molecule has 0 amide bonds. The van der Waals surface area contributed by atoms with Crippen molar-refractivity contribution in [1.29, 1.82) is 0 Å². The highest BCUT2D eigenvalue weighted by Gasteiger charge is 2.14. The van der Waals surface area contributed by atoms with Crippen molar-refractivity contribution in [3.05, 3.63) is 27.7 Å². The van der Waals surface area contributed by atoms with Gasteiger partial charge >= 0.3 is 0 Å². The van der Waals surface area contributed by atoms with Crippen molar-refractivity contribution in [3.8, 4) is 17.0 Å². The smallest absolute Gasteiger partial charge is 0.145 e. The van der Waals surface area contributed by atoms with Crippen molar-refractivity contribution < 1.29 is 4.74 Å². The van der Waals surface area contributed by atoms with Gasteiger partial charge in [0.05, 0.1) is 17.3 Å². The molecular weight excluding hydrogens is 282 g/mol. The van der Waals surface area contributed by atoms with Crippen molar-refractivity contribution in [3.63, 3.8) is 0 Å². The number of methoxy groups -OCH3 is 1. The lowest BCUT2D eigenvalue weighted by Crippen LogP contribution is -1.94. The van der Waals surface area contributed by atoms with Gasteiger partial charge in [-0.05, 0) is 47.0 Å². The van der Waals surface area contributed by atoms with Crippen LogP contribution in [0.25, 0.3) is 11.3 Å². The van der Waals surface area contributed by atoms with E-state index >= 15 is 0 Å². The van der Waals surface area contributed by atoms with Gasteiger partial charge in [-0.15, -0.1) is 0 Å². The first-order valence-electron chi connectivity index (χ1n) is 5.19. The molecule has 2 rings (SSSR count). The topological polar surface area (TPSA) is 63.9 Å². The maximum absolute atomic E-state index is 5.63. The van der Waals surface area contributed by atoms with E-state index in [4.69, 9.17) is 10.5 Å². The largest absolute Gasteiger partial charge is 0.496 e. The Morgan fingerprint density at radius 3 is 2.59 bits per heavy atom. The molecule has 0 aliphatic carbocycles. The molecule has 4 nitrogen and oxygen atoms in total. The van der Waals surface area contributed by atoms with Crippen molar-refractivity contribution in [2.45, 2.75) is 13.8 Å². The molecule has 0 aliphatic rings. The van der Waals surface area contributed by atoms with Crippen LogP contribution in [0.2, 0.25) is 0 Å². The summed E-state index contributed by atoms with van der Waals surface area (Å²) in [6.07, 6.45) is 0. The van der Waals surface area contributed by atoms with Crippen LogP contribution in [0.15, 0.2) is 16.6 Å². The second-order valence-corrected chi connectivity index (χ2v) is 4.71. The van der Waals surface area contributed by atoms with E-state index in [1.165, 1.54) is 0 Å². The van der Waals surface area contributed by atoms with Crippen LogP contribution in [-0.2, 0) is 0 Å². The van der Waals surface area contributed by atoms with Crippen molar-refractivity contribution in [1.82, 2.24) is 10.2 Å². The maximum Gasteiger partial charge on any atom is 0.145 e. The number of ether oxygens (including phenoxy) is 1. The SMILES string of the molecule is COc1cc(C)c(-c2cc(N)n[nH]2)c(C)c1Br. The minimum absolute atomic E-state index is 0.491. The molecule has 17 heavy (non-hydrogen) atoms. The molecule has 0 saturated carbocycles. The average Bonchev–Trinajstić information content (AvgIpc) is 2.70. The van der Waals surface area contributed by atoms with Crippen LogP contribution >= 0.6 is 15.9 Å². The number of aromatic amines is 1. The fraction of sp³-hybridized carbons (Fsp3) is 0.250. The van der Waals surface area contributed by atoms with Gasteiger partial charge in [0.1, 0.15) is 11.6 Å². The summed E-state index contributed by atoms with van der Waals surface area (Å²) in [5.74, 6) is 1.32. The number of anilines is 1. The molecule has 3 N–H and O–H groups in total. The van der Waals surface area contributed by atoms with Crippen LogP contribution < -0.4 is 10.5 Å². The Morgan fingerprint density at radius 2 is 2.06 bits per heavy atom. The van der Waals surface area contributed by atoms with E-state index in [0.717, 1.165) is 32.6 Å². The summed E-state index contributed by atoms with van der Waals surface area (Å²) in [4.78, 5) is 0. The number of nitrogens with zero attached hydrogens (tertiary/aromatic N) is 1. The van der Waals surface area contributed by atoms with Gasteiger partial charge in [0, 0.05) is 11.6 Å². The quantitative estimate of drug-likeness (QED) is 0.895. The number of aromatic nitrogens is 2. The molecule has 2 aromatic rings. The number of nitrogens with one attached hydrogen (secondary N) is 1. The zero-order valence-electron chi connectivity index (χ0n) is 9.97. The molecule has 0 fully saturated rings. The third-order valence-electron chi connectivity index (χ3n) is 2.75. The average molecular weight is 296 g/mol. The standard InChI is InChI=1S/C12H14BrN3O/c1-6-4-9(17-3)12(13)7(2)11(6)8-5-10(14)16-15-8/h4-5H,1-3H3,(H3,14,15,16). The Kier molecular flexibility index (Phi) is 3.11. The molecule has 0 atom stereocenters. The van der Waals surface area contributed by atoms with Gasteiger partial charge in [0.2, 0.25) is 0 Å². The van der Waals surface area contributed by atoms with E-state index in [1.54, 1.807) is 7.11 Å². The zero-order chi connectivity index (χ0) is 12.6. The summed E-state index contributed by atoms with van der Waals surface area (Å²) < 4.78 is 6.26. The molecule has 1 aromatic carbocycles. The van der Waals surface area contributed by atoms with Gasteiger partial charge in [0.15, 0.2) is 0 Å². The number of H-pyrrole nitrogens is 1. The lowest BCUT2D eigenvalue weighted by Gasteiger charge is -2.13. The molecule has 1 heterocycles. The van der Waals surface area contributed by atoms with E-state index in [-0.39, 0.29) is 0 Å². The molecule has 0 aliphatic heterocycles. The summed E-state index contributed by atoms with van der Waals surface area (Å²) in [5.41, 5.74) is 9.87. The predicted octanol–water partition coefficient (Wildman–Crippen LogP) is 3.05. The highest BCUT2D eigenvalue weighted by Crippen LogP contribution is 2.37. The number of nitrogens with two attached hydrogens (primary N) is 1. The van der Waals surface area contributed by atoms with Crippen molar-refractivity contribution in [2.75, 3.05) is 12.8 Å². The molecule has 90 valence electrons. The Hall–Kier alpha value is -1.49. The zero-order valence-corrected chi connectivity index (χ0v) is 11.6. The fourth-order valence-corrected chi connectivity index (χ4v) is 2.43. The normalized spacial score (nSPS) is 10.6. The summed E-state index contributed by atoms with van der Waals surface area (Å²) in [5, 5.41) is 6.89. The summed E-state index contributed by atoms with van der Waals surface area (Å²) in [6.45, 7) is 4.07. The van der Waals surface area contributed by atoms with Crippen LogP contribution in [-0.4, -0.2) is 17.3 Å². The third-order valence-corrected chi connectivity index (χ3v) is 3.73. The lowest BCUT2D eigenvalue weighted by atomic mass is 9.99. The Morgan fingerprint density at radius 1 is 1.35 bits per heavy atom. The molecule has 0 bridgehead atoms. The lowest BCUT2D eigenvalue weighted by molar-refractivity contribution is 0.411. The van der Waals surface area contributed by atoms with E-state index in [2.05, 4.69) is 26.1 Å². The first kappa shape index (κ1) is 12.0. The molecule has 1 aromatic heterocycles. The van der Waals surface area contributed by atoms with Crippen molar-refractivity contribution >= 4 is 21.7 Å². The number of aryl methyl sites for hydroxylation is 1. The van der Waals surface area contributed by atoms with Gasteiger partial charge in [0.25, 0.3) is 0 Å². The number of hydrogen-bond acceptors (Lipinski definition) is 3. The van der Waals surface area contributed by atoms with E-state index in [0.29, 0.717) is 5.82 Å². The molecular formula is C12H14BrN3O. The highest BCUT2D eigenvalue weighted by molar-refractivity contribution is 9.10. The van der Waals surface area contributed by atoms with E-state index in [9.17, 15) is 0 Å². The minimum atomic E-state index is 0.491. The van der Waals surface area contributed by atoms with Crippen LogP contribution in [0.3, 0.4) is 0 Å². The van der Waals surface area contributed by atoms with Gasteiger partial charge in [-0.1, -0.05) is 0 Å². The Bertz CT molecular complexity index is 563. The first-order valence-corrected chi connectivity index (χ1v) is 5.98. The molecule has 0 saturated heterocycles. The first-order chi connectivity index (χ1) is 8.04.